The van der Waals surface area contributed by atoms with Gasteiger partial charge in [0.05, 0.1) is 24.8 Å². The summed E-state index contributed by atoms with van der Waals surface area (Å²) >= 11 is 0. The summed E-state index contributed by atoms with van der Waals surface area (Å²) in [5.74, 6) is 0.829. The number of rotatable bonds is 3. The molecule has 0 unspecified atom stereocenters. The van der Waals surface area contributed by atoms with Gasteiger partial charge in [-0.05, 0) is 12.1 Å². The zero-order valence-corrected chi connectivity index (χ0v) is 8.55. The maximum atomic E-state index is 5.50. The Labute approximate surface area is 88.3 Å². The van der Waals surface area contributed by atoms with Gasteiger partial charge < -0.3 is 15.0 Å². The van der Waals surface area contributed by atoms with E-state index in [0.29, 0.717) is 6.54 Å². The predicted octanol–water partition coefficient (Wildman–Crippen LogP) is 1.34. The molecule has 2 N–H and O–H groups in total. The van der Waals surface area contributed by atoms with Crippen molar-refractivity contribution in [1.82, 2.24) is 9.55 Å². The molecule has 0 aliphatic rings. The predicted molar refractivity (Wildman–Crippen MR) is 58.0 cm³/mol. The Kier molecular flexibility index (Phi) is 2.69. The Hall–Kier alpha value is -1.81. The number of ether oxygens (including phenoxy) is 1. The lowest BCUT2D eigenvalue weighted by Gasteiger charge is -2.04. The van der Waals surface area contributed by atoms with Gasteiger partial charge in [0, 0.05) is 18.8 Å². The van der Waals surface area contributed by atoms with Crippen LogP contribution in [0.1, 0.15) is 5.69 Å². The van der Waals surface area contributed by atoms with Gasteiger partial charge in [0.15, 0.2) is 0 Å². The number of nitrogens with two attached hydrogens (primary N) is 1. The van der Waals surface area contributed by atoms with E-state index in [-0.39, 0.29) is 0 Å². The molecule has 2 aromatic rings. The van der Waals surface area contributed by atoms with Crippen LogP contribution in [0.15, 0.2) is 36.8 Å². The van der Waals surface area contributed by atoms with Crippen LogP contribution in [0.25, 0.3) is 5.69 Å². The minimum absolute atomic E-state index is 0.455. The van der Waals surface area contributed by atoms with E-state index in [1.54, 1.807) is 13.4 Å². The topological polar surface area (TPSA) is 53.1 Å². The lowest BCUT2D eigenvalue weighted by molar-refractivity contribution is 0.414. The van der Waals surface area contributed by atoms with Crippen molar-refractivity contribution in [3.63, 3.8) is 0 Å². The van der Waals surface area contributed by atoms with Crippen molar-refractivity contribution in [2.75, 3.05) is 7.11 Å². The molecule has 0 amide bonds. The zero-order chi connectivity index (χ0) is 10.7. The number of hydrogen-bond acceptors (Lipinski definition) is 3. The summed E-state index contributed by atoms with van der Waals surface area (Å²) in [5, 5.41) is 0. The Morgan fingerprint density at radius 1 is 1.47 bits per heavy atom. The lowest BCUT2D eigenvalue weighted by atomic mass is 10.3. The maximum absolute atomic E-state index is 5.50. The fourth-order valence-electron chi connectivity index (χ4n) is 1.38. The first-order valence-corrected chi connectivity index (χ1v) is 4.71. The molecule has 4 heteroatoms. The average molecular weight is 203 g/mol. The average Bonchev–Trinajstić information content (AvgIpc) is 2.78. The van der Waals surface area contributed by atoms with Gasteiger partial charge in [-0.15, -0.1) is 0 Å². The van der Waals surface area contributed by atoms with Crippen LogP contribution in [0.2, 0.25) is 0 Å². The SMILES string of the molecule is COc1cccc(-n2cnc(CN)c2)c1. The second-order valence-electron chi connectivity index (χ2n) is 3.18. The van der Waals surface area contributed by atoms with Gasteiger partial charge in [-0.25, -0.2) is 4.98 Å². The molecule has 15 heavy (non-hydrogen) atoms. The van der Waals surface area contributed by atoms with Crippen LogP contribution in [0.5, 0.6) is 5.75 Å². The molecule has 2 rings (SSSR count). The number of methoxy groups -OCH3 is 1. The van der Waals surface area contributed by atoms with Crippen LogP contribution in [-0.2, 0) is 6.54 Å². The van der Waals surface area contributed by atoms with Crippen molar-refractivity contribution in [2.45, 2.75) is 6.54 Å². The van der Waals surface area contributed by atoms with E-state index in [9.17, 15) is 0 Å². The highest BCUT2D eigenvalue weighted by molar-refractivity contribution is 5.39. The van der Waals surface area contributed by atoms with Gasteiger partial charge in [0.2, 0.25) is 0 Å². The van der Waals surface area contributed by atoms with Crippen LogP contribution in [0.4, 0.5) is 0 Å². The van der Waals surface area contributed by atoms with E-state index in [1.165, 1.54) is 0 Å². The van der Waals surface area contributed by atoms with Gasteiger partial charge in [-0.3, -0.25) is 0 Å². The molecule has 78 valence electrons. The molecule has 1 heterocycles. The third-order valence-electron chi connectivity index (χ3n) is 2.20. The minimum atomic E-state index is 0.455. The third-order valence-corrected chi connectivity index (χ3v) is 2.20. The summed E-state index contributed by atoms with van der Waals surface area (Å²) in [4.78, 5) is 4.16. The number of benzene rings is 1. The van der Waals surface area contributed by atoms with E-state index < -0.39 is 0 Å². The van der Waals surface area contributed by atoms with Crippen molar-refractivity contribution in [2.24, 2.45) is 5.73 Å². The first-order valence-electron chi connectivity index (χ1n) is 4.71. The molecule has 0 fully saturated rings. The van der Waals surface area contributed by atoms with E-state index >= 15 is 0 Å². The van der Waals surface area contributed by atoms with Crippen LogP contribution < -0.4 is 10.5 Å². The van der Waals surface area contributed by atoms with Crippen molar-refractivity contribution in [3.05, 3.63) is 42.5 Å². The van der Waals surface area contributed by atoms with E-state index in [2.05, 4.69) is 4.98 Å². The summed E-state index contributed by atoms with van der Waals surface area (Å²) in [7, 11) is 1.65. The Bertz CT molecular complexity index is 451. The quantitative estimate of drug-likeness (QED) is 0.819. The molecule has 0 saturated carbocycles. The fraction of sp³-hybridized carbons (Fsp3) is 0.182. The highest BCUT2D eigenvalue weighted by atomic mass is 16.5. The van der Waals surface area contributed by atoms with Crippen molar-refractivity contribution in [3.8, 4) is 11.4 Å². The number of hydrogen-bond donors (Lipinski definition) is 1. The molecule has 0 bridgehead atoms. The Balaban J connectivity index is 2.35. The summed E-state index contributed by atoms with van der Waals surface area (Å²) in [5.41, 5.74) is 7.39. The van der Waals surface area contributed by atoms with Crippen molar-refractivity contribution < 1.29 is 4.74 Å². The summed E-state index contributed by atoms with van der Waals surface area (Å²) in [6, 6.07) is 7.78. The number of aromatic nitrogens is 2. The second-order valence-corrected chi connectivity index (χ2v) is 3.18. The summed E-state index contributed by atoms with van der Waals surface area (Å²) in [6.45, 7) is 0.455. The molecule has 1 aromatic heterocycles. The zero-order valence-electron chi connectivity index (χ0n) is 8.55. The van der Waals surface area contributed by atoms with Gasteiger partial charge >= 0.3 is 0 Å². The lowest BCUT2D eigenvalue weighted by Crippen LogP contribution is -1.96. The van der Waals surface area contributed by atoms with E-state index in [4.69, 9.17) is 10.5 Å². The Morgan fingerprint density at radius 2 is 2.33 bits per heavy atom. The van der Waals surface area contributed by atoms with Gasteiger partial charge in [0.1, 0.15) is 5.75 Å². The Morgan fingerprint density at radius 3 is 3.00 bits per heavy atom. The van der Waals surface area contributed by atoms with Gasteiger partial charge in [-0.2, -0.15) is 0 Å². The first kappa shape index (κ1) is 9.73. The normalized spacial score (nSPS) is 10.3. The highest BCUT2D eigenvalue weighted by Crippen LogP contribution is 2.16. The van der Waals surface area contributed by atoms with Crippen LogP contribution >= 0.6 is 0 Å². The van der Waals surface area contributed by atoms with Crippen LogP contribution in [0, 0.1) is 0 Å². The van der Waals surface area contributed by atoms with Crippen molar-refractivity contribution in [1.29, 1.82) is 0 Å². The first-order chi connectivity index (χ1) is 7.33. The maximum Gasteiger partial charge on any atom is 0.120 e. The molecule has 4 nitrogen and oxygen atoms in total. The van der Waals surface area contributed by atoms with Crippen LogP contribution in [0.3, 0.4) is 0 Å². The number of nitrogens with zero attached hydrogens (tertiary/aromatic N) is 2. The molecule has 0 saturated heterocycles. The van der Waals surface area contributed by atoms with E-state index in [0.717, 1.165) is 17.1 Å². The summed E-state index contributed by atoms with van der Waals surface area (Å²) in [6.07, 6.45) is 3.66. The molecule has 0 aliphatic heterocycles. The van der Waals surface area contributed by atoms with Crippen LogP contribution in [-0.4, -0.2) is 16.7 Å². The molecular formula is C11H13N3O. The largest absolute Gasteiger partial charge is 0.497 e. The third kappa shape index (κ3) is 1.99. The van der Waals surface area contributed by atoms with E-state index in [1.807, 2.05) is 35.0 Å². The fourth-order valence-corrected chi connectivity index (χ4v) is 1.38. The molecular weight excluding hydrogens is 190 g/mol. The molecule has 0 aliphatic carbocycles. The van der Waals surface area contributed by atoms with Gasteiger partial charge in [0.25, 0.3) is 0 Å². The second kappa shape index (κ2) is 4.14. The molecule has 0 radical (unpaired) electrons. The highest BCUT2D eigenvalue weighted by Gasteiger charge is 2.00. The smallest absolute Gasteiger partial charge is 0.120 e. The van der Waals surface area contributed by atoms with Gasteiger partial charge in [-0.1, -0.05) is 6.07 Å². The standard InChI is InChI=1S/C11H13N3O/c1-15-11-4-2-3-10(5-11)14-7-9(6-12)13-8-14/h2-5,7-8H,6,12H2,1H3. The molecule has 1 aromatic carbocycles. The van der Waals surface area contributed by atoms with Crippen molar-refractivity contribution >= 4 is 0 Å². The molecule has 0 spiro atoms. The monoisotopic (exact) mass is 203 g/mol. The molecule has 0 atom stereocenters. The summed E-state index contributed by atoms with van der Waals surface area (Å²) < 4.78 is 7.07. The number of imidazole rings is 1. The minimum Gasteiger partial charge on any atom is -0.497 e.